The van der Waals surface area contributed by atoms with Crippen LogP contribution in [0, 0.1) is 42.9 Å². The van der Waals surface area contributed by atoms with E-state index in [1.807, 2.05) is 4.90 Å². The average molecular weight is 662 g/mol. The molecule has 5 fully saturated rings. The zero-order valence-corrected chi connectivity index (χ0v) is 23.5. The first-order valence-electron chi connectivity index (χ1n) is 12.5. The van der Waals surface area contributed by atoms with Crippen LogP contribution in [-0.4, -0.2) is 54.2 Å². The van der Waals surface area contributed by atoms with Crippen molar-refractivity contribution in [2.75, 3.05) is 26.2 Å². The van der Waals surface area contributed by atoms with Gasteiger partial charge in [-0.1, -0.05) is 32.6 Å². The van der Waals surface area contributed by atoms with Gasteiger partial charge < -0.3 is 20.3 Å². The summed E-state index contributed by atoms with van der Waals surface area (Å²) in [5, 5.41) is 6.99. The van der Waals surface area contributed by atoms with E-state index in [1.165, 1.54) is 25.7 Å². The smallest absolute Gasteiger partial charge is 0.407 e. The van der Waals surface area contributed by atoms with E-state index in [1.54, 1.807) is 0 Å². The molecular weight excluding hydrogens is 616 g/mol. The molecule has 1 heterocycles. The maximum atomic E-state index is 12.6. The topological polar surface area (TPSA) is 70.7 Å². The number of carbonyl (C=O) groups excluding carboxylic acids is 2. The molecule has 1 aliphatic heterocycles. The summed E-state index contributed by atoms with van der Waals surface area (Å²) >= 11 is 0. The number of hydrogen-bond donors (Lipinski definition) is 2. The van der Waals surface area contributed by atoms with E-state index in [9.17, 15) is 9.59 Å². The molecule has 31 heavy (non-hydrogen) atoms. The number of amides is 2. The molecule has 0 radical (unpaired) electrons. The molecule has 5 aliphatic rings. The molecule has 0 aromatic rings. The molecule has 1 saturated heterocycles. The third kappa shape index (κ3) is 6.42. The van der Waals surface area contributed by atoms with Gasteiger partial charge in [-0.15, -0.1) is 0 Å². The molecule has 6 nitrogen and oxygen atoms in total. The molecule has 2 atom stereocenters. The largest absolute Gasteiger partial charge is 0.450 e. The number of nitrogens with one attached hydrogen (secondary N) is 2. The van der Waals surface area contributed by atoms with E-state index in [2.05, 4.69) is 17.6 Å². The molecule has 2 amide bonds. The van der Waals surface area contributed by atoms with Crippen LogP contribution in [0.15, 0.2) is 0 Å². The molecule has 2 unspecified atom stereocenters. The van der Waals surface area contributed by atoms with Gasteiger partial charge in [0.1, 0.15) is 0 Å². The van der Waals surface area contributed by atoms with Crippen LogP contribution in [-0.2, 0) is 9.53 Å². The van der Waals surface area contributed by atoms with E-state index in [-0.39, 0.29) is 57.0 Å². The molecule has 4 saturated carbocycles. The number of carbonyl (C=O) groups is 2. The molecule has 5 rings (SSSR count). The van der Waals surface area contributed by atoms with Gasteiger partial charge in [0, 0.05) is 58.1 Å². The van der Waals surface area contributed by atoms with Gasteiger partial charge in [-0.2, -0.15) is 0 Å². The Bertz CT molecular complexity index is 620. The van der Waals surface area contributed by atoms with Gasteiger partial charge in [0.05, 0.1) is 13.2 Å². The van der Waals surface area contributed by atoms with Crippen LogP contribution in [0.3, 0.4) is 0 Å². The predicted octanol–water partition coefficient (Wildman–Crippen LogP) is 4.48. The van der Waals surface area contributed by atoms with Crippen molar-refractivity contribution < 1.29 is 48.3 Å². The maximum Gasteiger partial charge on any atom is 0.407 e. The van der Waals surface area contributed by atoms with E-state index < -0.39 is 0 Å². The molecule has 4 aliphatic carbocycles. The Morgan fingerprint density at radius 3 is 2.32 bits per heavy atom. The van der Waals surface area contributed by atoms with Crippen LogP contribution in [0.5, 0.6) is 0 Å². The fourth-order valence-corrected chi connectivity index (χ4v) is 7.08. The Hall–Kier alpha value is -0.248. The van der Waals surface area contributed by atoms with Crippen molar-refractivity contribution >= 4 is 12.0 Å². The van der Waals surface area contributed by atoms with Crippen LogP contribution in [0.1, 0.15) is 93.2 Å². The van der Waals surface area contributed by atoms with E-state index in [0.717, 1.165) is 70.9 Å². The standard InChI is InChI=1S/C24H41N3O3.U.2H2/c1-2-3-4-5-8-11-30-22(29)26-24-15-19-12-20(16-24)14-23(13-19,18-24)25-17-21(28)27-9-6-7-10-27;;;/h19-20,25H,2-18H2,1H3,(H,26,29);;2*1H. The number of hydrogen-bond acceptors (Lipinski definition) is 4. The molecule has 2 N–H and O–H groups in total. The first kappa shape index (κ1) is 25.4. The van der Waals surface area contributed by atoms with E-state index in [4.69, 9.17) is 4.74 Å². The van der Waals surface area contributed by atoms with Gasteiger partial charge in [0.25, 0.3) is 0 Å². The number of alkyl carbamates (subject to hydrolysis) is 1. The normalized spacial score (nSPS) is 33.3. The van der Waals surface area contributed by atoms with Crippen LogP contribution < -0.4 is 10.6 Å². The summed E-state index contributed by atoms with van der Waals surface area (Å²) in [4.78, 5) is 27.1. The Balaban J connectivity index is 0.00000181. The minimum atomic E-state index is -0.240. The maximum absolute atomic E-state index is 12.6. The van der Waals surface area contributed by atoms with Gasteiger partial charge in [-0.3, -0.25) is 4.79 Å². The second-order valence-corrected chi connectivity index (χ2v) is 10.6. The Morgan fingerprint density at radius 1 is 1.00 bits per heavy atom. The first-order valence-corrected chi connectivity index (χ1v) is 12.5. The van der Waals surface area contributed by atoms with Crippen LogP contribution in [0.2, 0.25) is 0 Å². The van der Waals surface area contributed by atoms with Gasteiger partial charge in [0.15, 0.2) is 0 Å². The average Bonchev–Trinajstić information content (AvgIpc) is 3.22. The summed E-state index contributed by atoms with van der Waals surface area (Å²) in [7, 11) is 0. The van der Waals surface area contributed by atoms with Gasteiger partial charge in [0.2, 0.25) is 5.91 Å². The van der Waals surface area contributed by atoms with Crippen LogP contribution in [0.4, 0.5) is 4.79 Å². The fourth-order valence-electron chi connectivity index (χ4n) is 7.08. The number of rotatable bonds is 10. The SMILES string of the molecule is CCCCCCCOC(=O)NC12CC3CC(CC(NCC(=O)N4CCCC4)(C3)C1)C2.[HH].[HH].[U]. The number of ether oxygens (including phenoxy) is 1. The van der Waals surface area contributed by atoms with Crippen molar-refractivity contribution in [3.8, 4) is 0 Å². The number of unbranched alkanes of at least 4 members (excludes halogenated alkanes) is 4. The van der Waals surface area contributed by atoms with Gasteiger partial charge in [-0.25, -0.2) is 4.79 Å². The Morgan fingerprint density at radius 2 is 1.65 bits per heavy atom. The third-order valence-electron chi connectivity index (χ3n) is 7.98. The predicted molar refractivity (Wildman–Crippen MR) is 121 cm³/mol. The fraction of sp³-hybridized carbons (Fsp3) is 0.917. The summed E-state index contributed by atoms with van der Waals surface area (Å²) < 4.78 is 5.53. The zero-order valence-electron chi connectivity index (χ0n) is 19.3. The summed E-state index contributed by atoms with van der Waals surface area (Å²) in [5.74, 6) is 1.54. The number of nitrogens with zero attached hydrogens (tertiary/aromatic N) is 1. The zero-order chi connectivity index (χ0) is 21.0. The monoisotopic (exact) mass is 661 g/mol. The molecule has 178 valence electrons. The van der Waals surface area contributed by atoms with Crippen molar-refractivity contribution in [3.63, 3.8) is 0 Å². The minimum Gasteiger partial charge on any atom is -0.450 e. The molecule has 0 aromatic carbocycles. The quantitative estimate of drug-likeness (QED) is 0.339. The first-order chi connectivity index (χ1) is 14.5. The summed E-state index contributed by atoms with van der Waals surface area (Å²) in [6, 6.07) is 0. The second-order valence-electron chi connectivity index (χ2n) is 10.6. The van der Waals surface area contributed by atoms with Crippen molar-refractivity contribution in [3.05, 3.63) is 0 Å². The molecule has 0 aromatic heterocycles. The van der Waals surface area contributed by atoms with Crippen LogP contribution in [0.25, 0.3) is 0 Å². The van der Waals surface area contributed by atoms with Crippen molar-refractivity contribution in [1.82, 2.24) is 15.5 Å². The van der Waals surface area contributed by atoms with Gasteiger partial charge >= 0.3 is 6.09 Å². The van der Waals surface area contributed by atoms with E-state index in [0.29, 0.717) is 25.0 Å². The number of likely N-dealkylation sites (tertiary alicyclic amines) is 1. The Kier molecular flexibility index (Phi) is 9.21. The second kappa shape index (κ2) is 11.3. The molecule has 4 bridgehead atoms. The van der Waals surface area contributed by atoms with Crippen LogP contribution >= 0.6 is 0 Å². The van der Waals surface area contributed by atoms with Crippen molar-refractivity contribution in [2.24, 2.45) is 11.8 Å². The summed E-state index contributed by atoms with van der Waals surface area (Å²) in [5.41, 5.74) is -0.139. The summed E-state index contributed by atoms with van der Waals surface area (Å²) in [6.07, 6.45) is 14.5. The molecular formula is C24H45N3O3U. The van der Waals surface area contributed by atoms with Crippen molar-refractivity contribution in [1.29, 1.82) is 0 Å². The van der Waals surface area contributed by atoms with Crippen molar-refractivity contribution in [2.45, 2.75) is 101 Å². The summed E-state index contributed by atoms with van der Waals surface area (Å²) in [6.45, 7) is 4.99. The third-order valence-corrected chi connectivity index (χ3v) is 7.98. The minimum absolute atomic E-state index is 0. The molecule has 0 spiro atoms. The Labute approximate surface area is 214 Å². The molecule has 7 heteroatoms. The van der Waals surface area contributed by atoms with Gasteiger partial charge in [-0.05, 0) is 69.6 Å². The van der Waals surface area contributed by atoms with E-state index >= 15 is 0 Å².